The number of rotatable bonds is 9. The Morgan fingerprint density at radius 3 is 2.22 bits per heavy atom. The highest BCUT2D eigenvalue weighted by Gasteiger charge is 2.36. The molecule has 216 valence electrons. The molecule has 11 nitrogen and oxygen atoms in total. The standard InChI is InChI=1S/C29H35N7O4S/c1-5-19-20(15-30)25(35-27(21(19)16-31)41-22(24(32)37)17-9-7-6-8-10-17)36-13-11-18(12-14-36)34-26(38)23(29(2,3)4)40-28(33)39/h6-10,18,22-23H,5,11-14H2,1-4H3,(H2,32,37)(H2,33,39)(H,34,38). The number of primary amides is 2. The number of piperidine rings is 1. The van der Waals surface area contributed by atoms with Gasteiger partial charge in [0.25, 0.3) is 5.91 Å². The van der Waals surface area contributed by atoms with E-state index < -0.39 is 34.7 Å². The number of amides is 3. The molecule has 3 rings (SSSR count). The summed E-state index contributed by atoms with van der Waals surface area (Å²) in [5.74, 6) is -0.563. The summed E-state index contributed by atoms with van der Waals surface area (Å²) >= 11 is 1.09. The number of carbonyl (C=O) groups excluding carboxylic acids is 3. The van der Waals surface area contributed by atoms with Gasteiger partial charge in [0.05, 0.1) is 11.1 Å². The number of nitrogens with one attached hydrogen (secondary N) is 1. The highest BCUT2D eigenvalue weighted by Crippen LogP contribution is 2.40. The molecule has 2 heterocycles. The molecule has 1 aliphatic rings. The Labute approximate surface area is 244 Å². The van der Waals surface area contributed by atoms with Crippen molar-refractivity contribution >= 4 is 35.5 Å². The fraction of sp³-hybridized carbons (Fsp3) is 0.448. The van der Waals surface area contributed by atoms with E-state index >= 15 is 0 Å². The third-order valence-corrected chi connectivity index (χ3v) is 8.07. The number of aromatic nitrogens is 1. The van der Waals surface area contributed by atoms with E-state index in [0.29, 0.717) is 59.9 Å². The number of ether oxygens (including phenoxy) is 1. The summed E-state index contributed by atoms with van der Waals surface area (Å²) in [6, 6.07) is 13.2. The van der Waals surface area contributed by atoms with Crippen LogP contribution in [-0.4, -0.2) is 48.1 Å². The van der Waals surface area contributed by atoms with Gasteiger partial charge in [0, 0.05) is 24.5 Å². The van der Waals surface area contributed by atoms with Crippen molar-refractivity contribution in [3.63, 3.8) is 0 Å². The van der Waals surface area contributed by atoms with Gasteiger partial charge in [-0.1, -0.05) is 69.8 Å². The molecule has 3 amide bonds. The van der Waals surface area contributed by atoms with Gasteiger partial charge < -0.3 is 26.4 Å². The summed E-state index contributed by atoms with van der Waals surface area (Å²) in [6.45, 7) is 8.15. The molecule has 2 aromatic rings. The molecule has 2 atom stereocenters. The number of hydrogen-bond donors (Lipinski definition) is 3. The summed E-state index contributed by atoms with van der Waals surface area (Å²) in [7, 11) is 0. The summed E-state index contributed by atoms with van der Waals surface area (Å²) in [4.78, 5) is 43.4. The predicted octanol–water partition coefficient (Wildman–Crippen LogP) is 3.30. The minimum atomic E-state index is -1.04. The maximum atomic E-state index is 12.9. The smallest absolute Gasteiger partial charge is 0.405 e. The van der Waals surface area contributed by atoms with Crippen LogP contribution in [0, 0.1) is 28.1 Å². The largest absolute Gasteiger partial charge is 0.436 e. The lowest BCUT2D eigenvalue weighted by Gasteiger charge is -2.36. The molecule has 1 aromatic carbocycles. The molecule has 12 heteroatoms. The number of benzene rings is 1. The Kier molecular flexibility index (Phi) is 10.2. The first-order chi connectivity index (χ1) is 19.4. The van der Waals surface area contributed by atoms with Gasteiger partial charge >= 0.3 is 6.09 Å². The lowest BCUT2D eigenvalue weighted by molar-refractivity contribution is -0.135. The molecule has 1 aromatic heterocycles. The van der Waals surface area contributed by atoms with Crippen molar-refractivity contribution in [2.24, 2.45) is 16.9 Å². The maximum absolute atomic E-state index is 12.9. The van der Waals surface area contributed by atoms with Crippen molar-refractivity contribution in [3.05, 3.63) is 52.6 Å². The molecular formula is C29H35N7O4S. The number of thioether (sulfide) groups is 1. The van der Waals surface area contributed by atoms with Gasteiger partial charge in [-0.15, -0.1) is 0 Å². The topological polar surface area (TPSA) is 188 Å². The van der Waals surface area contributed by atoms with Crippen molar-refractivity contribution < 1.29 is 19.1 Å². The molecule has 0 radical (unpaired) electrons. The molecule has 1 aliphatic heterocycles. The Hall–Kier alpha value is -4.29. The number of hydrogen-bond acceptors (Lipinski definition) is 9. The molecule has 1 saturated heterocycles. The van der Waals surface area contributed by atoms with Crippen LogP contribution in [0.2, 0.25) is 0 Å². The first-order valence-corrected chi connectivity index (χ1v) is 14.2. The number of pyridine rings is 1. The van der Waals surface area contributed by atoms with Gasteiger partial charge in [0.15, 0.2) is 6.10 Å². The van der Waals surface area contributed by atoms with Crippen molar-refractivity contribution in [2.45, 2.75) is 69.4 Å². The fourth-order valence-corrected chi connectivity index (χ4v) is 5.84. The van der Waals surface area contributed by atoms with E-state index in [-0.39, 0.29) is 11.6 Å². The number of carbonyl (C=O) groups is 3. The van der Waals surface area contributed by atoms with Crippen LogP contribution >= 0.6 is 11.8 Å². The monoisotopic (exact) mass is 577 g/mol. The maximum Gasteiger partial charge on any atom is 0.405 e. The van der Waals surface area contributed by atoms with Gasteiger partial charge in [-0.3, -0.25) is 9.59 Å². The van der Waals surface area contributed by atoms with Crippen LogP contribution in [0.1, 0.15) is 68.0 Å². The quantitative estimate of drug-likeness (QED) is 0.376. The van der Waals surface area contributed by atoms with E-state index in [9.17, 15) is 24.9 Å². The van der Waals surface area contributed by atoms with E-state index in [1.807, 2.05) is 17.9 Å². The minimum Gasteiger partial charge on any atom is -0.436 e. The third kappa shape index (κ3) is 7.47. The van der Waals surface area contributed by atoms with E-state index in [2.05, 4.69) is 17.5 Å². The zero-order chi connectivity index (χ0) is 30.3. The summed E-state index contributed by atoms with van der Waals surface area (Å²) < 4.78 is 5.09. The Balaban J connectivity index is 1.88. The number of nitrogens with zero attached hydrogens (tertiary/aromatic N) is 4. The van der Waals surface area contributed by atoms with Crippen LogP contribution in [0.4, 0.5) is 10.6 Å². The molecule has 0 bridgehead atoms. The molecule has 1 fully saturated rings. The number of nitriles is 2. The van der Waals surface area contributed by atoms with Crippen LogP contribution < -0.4 is 21.7 Å². The van der Waals surface area contributed by atoms with Gasteiger partial charge in [-0.25, -0.2) is 9.78 Å². The van der Waals surface area contributed by atoms with Crippen molar-refractivity contribution in [3.8, 4) is 12.1 Å². The number of nitrogens with two attached hydrogens (primary N) is 2. The van der Waals surface area contributed by atoms with E-state index in [0.717, 1.165) is 11.8 Å². The SMILES string of the molecule is CCc1c(C#N)c(SC(C(N)=O)c2ccccc2)nc(N2CCC(NC(=O)C(OC(N)=O)C(C)(C)C)CC2)c1C#N. The van der Waals surface area contributed by atoms with Gasteiger partial charge in [0.2, 0.25) is 5.91 Å². The van der Waals surface area contributed by atoms with Crippen LogP contribution in [0.25, 0.3) is 0 Å². The van der Waals surface area contributed by atoms with Gasteiger partial charge in [0.1, 0.15) is 28.2 Å². The fourth-order valence-electron chi connectivity index (χ4n) is 4.78. The second-order valence-electron chi connectivity index (χ2n) is 10.8. The Bertz CT molecular complexity index is 1370. The normalized spacial score (nSPS) is 15.2. The van der Waals surface area contributed by atoms with E-state index in [4.69, 9.17) is 21.2 Å². The van der Waals surface area contributed by atoms with Crippen LogP contribution in [-0.2, 0) is 20.7 Å². The average molecular weight is 578 g/mol. The first-order valence-electron chi connectivity index (χ1n) is 13.3. The van der Waals surface area contributed by atoms with Crippen LogP contribution in [0.15, 0.2) is 35.4 Å². The lowest BCUT2D eigenvalue weighted by atomic mass is 9.88. The summed E-state index contributed by atoms with van der Waals surface area (Å²) in [6.07, 6.45) is -0.551. The third-order valence-electron chi connectivity index (χ3n) is 6.82. The average Bonchev–Trinajstić information content (AvgIpc) is 2.93. The molecule has 41 heavy (non-hydrogen) atoms. The lowest BCUT2D eigenvalue weighted by Crippen LogP contribution is -2.52. The van der Waals surface area contributed by atoms with E-state index in [1.54, 1.807) is 45.0 Å². The second kappa shape index (κ2) is 13.4. The van der Waals surface area contributed by atoms with Crippen molar-refractivity contribution in [2.75, 3.05) is 18.0 Å². The highest BCUT2D eigenvalue weighted by molar-refractivity contribution is 8.00. The molecule has 5 N–H and O–H groups in total. The van der Waals surface area contributed by atoms with Crippen molar-refractivity contribution in [1.82, 2.24) is 10.3 Å². The van der Waals surface area contributed by atoms with Gasteiger partial charge in [-0.05, 0) is 30.4 Å². The summed E-state index contributed by atoms with van der Waals surface area (Å²) in [5.41, 5.74) is 12.1. The molecule has 0 saturated carbocycles. The van der Waals surface area contributed by atoms with Crippen LogP contribution in [0.3, 0.4) is 0 Å². The van der Waals surface area contributed by atoms with Gasteiger partial charge in [-0.2, -0.15) is 10.5 Å². The molecule has 2 unspecified atom stereocenters. The van der Waals surface area contributed by atoms with E-state index in [1.165, 1.54) is 0 Å². The molecule has 0 aliphatic carbocycles. The zero-order valence-corrected chi connectivity index (χ0v) is 24.5. The highest BCUT2D eigenvalue weighted by atomic mass is 32.2. The Morgan fingerprint density at radius 2 is 1.73 bits per heavy atom. The predicted molar refractivity (Wildman–Crippen MR) is 155 cm³/mol. The molecular weight excluding hydrogens is 542 g/mol. The number of anilines is 1. The Morgan fingerprint density at radius 1 is 1.12 bits per heavy atom. The second-order valence-corrected chi connectivity index (χ2v) is 11.9. The summed E-state index contributed by atoms with van der Waals surface area (Å²) in [5, 5.41) is 22.6. The first kappa shape index (κ1) is 31.2. The minimum absolute atomic E-state index is 0.194. The molecule has 0 spiro atoms. The zero-order valence-electron chi connectivity index (χ0n) is 23.6. The van der Waals surface area contributed by atoms with Crippen molar-refractivity contribution in [1.29, 1.82) is 10.5 Å². The van der Waals surface area contributed by atoms with Crippen LogP contribution in [0.5, 0.6) is 0 Å².